The molecule has 9 aromatic rings. The van der Waals surface area contributed by atoms with Gasteiger partial charge < -0.3 is 4.57 Å². The van der Waals surface area contributed by atoms with Crippen molar-refractivity contribution in [2.75, 3.05) is 0 Å². The Bertz CT molecular complexity index is 2400. The summed E-state index contributed by atoms with van der Waals surface area (Å²) >= 11 is 0. The van der Waals surface area contributed by atoms with Gasteiger partial charge in [-0.25, -0.2) is 9.97 Å². The van der Waals surface area contributed by atoms with E-state index >= 15 is 0 Å². The SMILES string of the molecule is c1ccc(-c2cccc(-c3ccccc3)c2-n2c(-c3ccc(-n4c5ccccc5c5ccccc54)cc3)nc3cccnc32)cc1. The smallest absolute Gasteiger partial charge is 0.164 e. The van der Waals surface area contributed by atoms with Crippen molar-refractivity contribution in [1.82, 2.24) is 19.1 Å². The summed E-state index contributed by atoms with van der Waals surface area (Å²) < 4.78 is 4.59. The van der Waals surface area contributed by atoms with Crippen LogP contribution in [0.4, 0.5) is 0 Å². The van der Waals surface area contributed by atoms with Crippen molar-refractivity contribution in [3.05, 3.63) is 170 Å². The molecule has 0 atom stereocenters. The normalized spacial score (nSPS) is 11.5. The van der Waals surface area contributed by atoms with Crippen molar-refractivity contribution in [2.45, 2.75) is 0 Å². The largest absolute Gasteiger partial charge is 0.309 e. The molecule has 0 fully saturated rings. The van der Waals surface area contributed by atoms with Gasteiger partial charge in [0, 0.05) is 39.3 Å². The van der Waals surface area contributed by atoms with Crippen molar-refractivity contribution >= 4 is 33.0 Å². The van der Waals surface area contributed by atoms with E-state index < -0.39 is 0 Å². The molecule has 46 heavy (non-hydrogen) atoms. The highest BCUT2D eigenvalue weighted by molar-refractivity contribution is 6.09. The Morgan fingerprint density at radius 3 is 1.59 bits per heavy atom. The first-order valence-electron chi connectivity index (χ1n) is 15.5. The van der Waals surface area contributed by atoms with E-state index in [0.29, 0.717) is 0 Å². The highest BCUT2D eigenvalue weighted by Crippen LogP contribution is 2.40. The van der Waals surface area contributed by atoms with Crippen LogP contribution in [0, 0.1) is 0 Å². The maximum Gasteiger partial charge on any atom is 0.164 e. The molecule has 4 heteroatoms. The molecular formula is C42H28N4. The van der Waals surface area contributed by atoms with E-state index in [9.17, 15) is 0 Å². The van der Waals surface area contributed by atoms with Gasteiger partial charge in [0.15, 0.2) is 5.65 Å². The van der Waals surface area contributed by atoms with Gasteiger partial charge in [-0.05, 0) is 59.7 Å². The molecule has 0 bridgehead atoms. The number of hydrogen-bond donors (Lipinski definition) is 0. The Labute approximate surface area is 266 Å². The molecule has 0 saturated carbocycles. The first-order chi connectivity index (χ1) is 22.8. The number of benzene rings is 6. The quantitative estimate of drug-likeness (QED) is 0.200. The Balaban J connectivity index is 1.29. The third-order valence-electron chi connectivity index (χ3n) is 8.81. The van der Waals surface area contributed by atoms with Crippen LogP contribution in [-0.4, -0.2) is 19.1 Å². The number of imidazole rings is 1. The number of rotatable bonds is 5. The highest BCUT2D eigenvalue weighted by Gasteiger charge is 2.22. The van der Waals surface area contributed by atoms with Crippen LogP contribution in [0.1, 0.15) is 0 Å². The predicted molar refractivity (Wildman–Crippen MR) is 190 cm³/mol. The summed E-state index contributed by atoms with van der Waals surface area (Å²) in [6.45, 7) is 0. The van der Waals surface area contributed by atoms with E-state index in [2.05, 4.69) is 161 Å². The van der Waals surface area contributed by atoms with E-state index in [-0.39, 0.29) is 0 Å². The third kappa shape index (κ3) is 4.15. The van der Waals surface area contributed by atoms with Gasteiger partial charge in [0.25, 0.3) is 0 Å². The molecular weight excluding hydrogens is 560 g/mol. The van der Waals surface area contributed by atoms with Gasteiger partial charge in [0.1, 0.15) is 11.3 Å². The third-order valence-corrected chi connectivity index (χ3v) is 8.81. The second kappa shape index (κ2) is 10.7. The van der Waals surface area contributed by atoms with Crippen molar-refractivity contribution in [3.63, 3.8) is 0 Å². The first-order valence-corrected chi connectivity index (χ1v) is 15.5. The number of para-hydroxylation sites is 3. The van der Waals surface area contributed by atoms with Gasteiger partial charge in [-0.3, -0.25) is 4.57 Å². The molecule has 3 aromatic heterocycles. The Kier molecular flexibility index (Phi) is 6.10. The zero-order valence-electron chi connectivity index (χ0n) is 25.0. The molecule has 4 nitrogen and oxygen atoms in total. The lowest BCUT2D eigenvalue weighted by molar-refractivity contribution is 1.08. The Morgan fingerprint density at radius 1 is 0.413 bits per heavy atom. The number of pyridine rings is 1. The maximum absolute atomic E-state index is 5.21. The van der Waals surface area contributed by atoms with Crippen LogP contribution >= 0.6 is 0 Å². The molecule has 0 spiro atoms. The first kappa shape index (κ1) is 26.2. The van der Waals surface area contributed by atoms with Crippen LogP contribution in [0.5, 0.6) is 0 Å². The van der Waals surface area contributed by atoms with E-state index in [1.54, 1.807) is 0 Å². The van der Waals surface area contributed by atoms with Crippen LogP contribution in [0.2, 0.25) is 0 Å². The van der Waals surface area contributed by atoms with Crippen molar-refractivity contribution in [2.24, 2.45) is 0 Å². The van der Waals surface area contributed by atoms with Crippen LogP contribution in [0.3, 0.4) is 0 Å². The number of hydrogen-bond acceptors (Lipinski definition) is 2. The van der Waals surface area contributed by atoms with Crippen LogP contribution in [-0.2, 0) is 0 Å². The summed E-state index contributed by atoms with van der Waals surface area (Å²) in [7, 11) is 0. The van der Waals surface area contributed by atoms with Crippen molar-refractivity contribution < 1.29 is 0 Å². The summed E-state index contributed by atoms with van der Waals surface area (Å²) in [6, 6.07) is 57.7. The molecule has 0 amide bonds. The van der Waals surface area contributed by atoms with Gasteiger partial charge >= 0.3 is 0 Å². The topological polar surface area (TPSA) is 35.6 Å². The molecule has 0 saturated heterocycles. The Morgan fingerprint density at radius 2 is 0.978 bits per heavy atom. The number of nitrogens with zero attached hydrogens (tertiary/aromatic N) is 4. The van der Waals surface area contributed by atoms with Crippen LogP contribution in [0.15, 0.2) is 170 Å². The average molecular weight is 589 g/mol. The summed E-state index contributed by atoms with van der Waals surface area (Å²) in [5, 5.41) is 2.50. The second-order valence-electron chi connectivity index (χ2n) is 11.5. The fourth-order valence-electron chi connectivity index (χ4n) is 6.76. The molecule has 0 aliphatic carbocycles. The zero-order valence-corrected chi connectivity index (χ0v) is 25.0. The summed E-state index contributed by atoms with van der Waals surface area (Å²) in [6.07, 6.45) is 1.85. The minimum Gasteiger partial charge on any atom is -0.309 e. The fraction of sp³-hybridized carbons (Fsp3) is 0. The molecule has 0 N–H and O–H groups in total. The molecule has 3 heterocycles. The van der Waals surface area contributed by atoms with Gasteiger partial charge in [-0.15, -0.1) is 0 Å². The minimum atomic E-state index is 0.824. The maximum atomic E-state index is 5.21. The second-order valence-corrected chi connectivity index (χ2v) is 11.5. The van der Waals surface area contributed by atoms with Gasteiger partial charge in [-0.2, -0.15) is 0 Å². The molecule has 0 aliphatic rings. The van der Waals surface area contributed by atoms with Crippen LogP contribution < -0.4 is 0 Å². The number of aromatic nitrogens is 4. The van der Waals surface area contributed by atoms with E-state index in [0.717, 1.165) is 56.2 Å². The molecule has 0 aliphatic heterocycles. The molecule has 0 radical (unpaired) electrons. The zero-order chi connectivity index (χ0) is 30.5. The van der Waals surface area contributed by atoms with Gasteiger partial charge in [0.2, 0.25) is 0 Å². The summed E-state index contributed by atoms with van der Waals surface area (Å²) in [5.74, 6) is 0.850. The lowest BCUT2D eigenvalue weighted by Crippen LogP contribution is -2.04. The van der Waals surface area contributed by atoms with Gasteiger partial charge in [0.05, 0.1) is 16.7 Å². The average Bonchev–Trinajstić information content (AvgIpc) is 3.68. The lowest BCUT2D eigenvalue weighted by atomic mass is 9.95. The molecule has 216 valence electrons. The molecule has 9 rings (SSSR count). The van der Waals surface area contributed by atoms with E-state index in [1.807, 2.05) is 18.3 Å². The summed E-state index contributed by atoms with van der Waals surface area (Å²) in [5.41, 5.74) is 11.8. The van der Waals surface area contributed by atoms with E-state index in [1.165, 1.54) is 21.8 Å². The van der Waals surface area contributed by atoms with Gasteiger partial charge in [-0.1, -0.05) is 115 Å². The minimum absolute atomic E-state index is 0.824. The monoisotopic (exact) mass is 588 g/mol. The lowest BCUT2D eigenvalue weighted by Gasteiger charge is -2.19. The van der Waals surface area contributed by atoms with E-state index in [4.69, 9.17) is 9.97 Å². The molecule has 0 unspecified atom stereocenters. The van der Waals surface area contributed by atoms with Crippen molar-refractivity contribution in [1.29, 1.82) is 0 Å². The fourth-order valence-corrected chi connectivity index (χ4v) is 6.76. The molecule has 6 aromatic carbocycles. The standard InChI is InChI=1S/C42H28N4/c1-3-13-29(14-4-1)33-19-11-20-34(30-15-5-2-6-16-30)40(33)46-41(44-37-21-12-28-43-42(37)46)31-24-26-32(27-25-31)45-38-22-9-7-17-35(38)36-18-8-10-23-39(36)45/h1-28H. The Hall–Kier alpha value is -6.26. The number of fused-ring (bicyclic) bond motifs is 4. The summed E-state index contributed by atoms with van der Waals surface area (Å²) in [4.78, 5) is 10.1. The van der Waals surface area contributed by atoms with Crippen molar-refractivity contribution in [3.8, 4) is 45.0 Å². The van der Waals surface area contributed by atoms with Crippen LogP contribution in [0.25, 0.3) is 78.0 Å². The highest BCUT2D eigenvalue weighted by atomic mass is 15.1. The predicted octanol–water partition coefficient (Wildman–Crippen LogP) is 10.5.